The molecule has 0 aliphatic heterocycles. The topological polar surface area (TPSA) is 61.5 Å². The second kappa shape index (κ2) is 7.13. The number of hydrogen-bond donors (Lipinski definition) is 1. The van der Waals surface area contributed by atoms with Gasteiger partial charge in [0.15, 0.2) is 0 Å². The van der Waals surface area contributed by atoms with Crippen molar-refractivity contribution in [3.05, 3.63) is 35.9 Å². The molecular formula is C14H21NO3. The molecule has 4 nitrogen and oxygen atoms in total. The van der Waals surface area contributed by atoms with Crippen LogP contribution < -0.4 is 5.73 Å². The zero-order valence-corrected chi connectivity index (χ0v) is 11.0. The van der Waals surface area contributed by atoms with Crippen molar-refractivity contribution < 1.29 is 14.3 Å². The Morgan fingerprint density at radius 3 is 2.61 bits per heavy atom. The maximum absolute atomic E-state index is 11.5. The standard InChI is InChI=1S/C14H21NO3/c1-3-18-13(16)14(2,15)9-10-17-11-12-7-5-4-6-8-12/h4-8H,3,9-11,15H2,1-2H3/t14-/m1/s1. The first-order valence-corrected chi connectivity index (χ1v) is 6.14. The first-order valence-electron chi connectivity index (χ1n) is 6.14. The monoisotopic (exact) mass is 251 g/mol. The third-order valence-corrected chi connectivity index (χ3v) is 2.62. The van der Waals surface area contributed by atoms with Gasteiger partial charge in [-0.25, -0.2) is 0 Å². The average molecular weight is 251 g/mol. The number of esters is 1. The van der Waals surface area contributed by atoms with E-state index in [1.165, 1.54) is 0 Å². The van der Waals surface area contributed by atoms with Gasteiger partial charge >= 0.3 is 5.97 Å². The molecule has 18 heavy (non-hydrogen) atoms. The molecule has 0 amide bonds. The molecule has 0 fully saturated rings. The SMILES string of the molecule is CCOC(=O)[C@](C)(N)CCOCc1ccccc1. The summed E-state index contributed by atoms with van der Waals surface area (Å²) >= 11 is 0. The lowest BCUT2D eigenvalue weighted by molar-refractivity contribution is -0.149. The molecule has 0 aliphatic rings. The maximum Gasteiger partial charge on any atom is 0.325 e. The normalized spacial score (nSPS) is 13.9. The predicted octanol–water partition coefficient (Wildman–Crippen LogP) is 1.87. The van der Waals surface area contributed by atoms with Crippen LogP contribution in [0.2, 0.25) is 0 Å². The van der Waals surface area contributed by atoms with Gasteiger partial charge < -0.3 is 15.2 Å². The highest BCUT2D eigenvalue weighted by molar-refractivity contribution is 5.79. The summed E-state index contributed by atoms with van der Waals surface area (Å²) in [4.78, 5) is 11.5. The number of ether oxygens (including phenoxy) is 2. The Bertz CT molecular complexity index is 363. The minimum Gasteiger partial charge on any atom is -0.465 e. The molecule has 0 spiro atoms. The largest absolute Gasteiger partial charge is 0.465 e. The molecule has 100 valence electrons. The van der Waals surface area contributed by atoms with E-state index < -0.39 is 5.54 Å². The quantitative estimate of drug-likeness (QED) is 0.593. The van der Waals surface area contributed by atoms with Gasteiger partial charge in [0, 0.05) is 6.61 Å². The van der Waals surface area contributed by atoms with E-state index >= 15 is 0 Å². The van der Waals surface area contributed by atoms with Gasteiger partial charge in [-0.1, -0.05) is 30.3 Å². The van der Waals surface area contributed by atoms with E-state index in [1.54, 1.807) is 13.8 Å². The number of carbonyl (C=O) groups excluding carboxylic acids is 1. The number of nitrogens with two attached hydrogens (primary N) is 1. The summed E-state index contributed by atoms with van der Waals surface area (Å²) in [5, 5.41) is 0. The van der Waals surface area contributed by atoms with Crippen LogP contribution in [-0.2, 0) is 20.9 Å². The lowest BCUT2D eigenvalue weighted by Crippen LogP contribution is -2.47. The van der Waals surface area contributed by atoms with E-state index in [0.29, 0.717) is 26.2 Å². The molecule has 4 heteroatoms. The lowest BCUT2D eigenvalue weighted by atomic mass is 10.0. The molecule has 0 bridgehead atoms. The predicted molar refractivity (Wildman–Crippen MR) is 69.9 cm³/mol. The molecular weight excluding hydrogens is 230 g/mol. The van der Waals surface area contributed by atoms with Crippen LogP contribution in [0.1, 0.15) is 25.8 Å². The number of rotatable bonds is 7. The van der Waals surface area contributed by atoms with Crippen molar-refractivity contribution in [2.45, 2.75) is 32.4 Å². The van der Waals surface area contributed by atoms with Crippen molar-refractivity contribution in [2.75, 3.05) is 13.2 Å². The fourth-order valence-electron chi connectivity index (χ4n) is 1.45. The Balaban J connectivity index is 2.27. The molecule has 2 N–H and O–H groups in total. The number of hydrogen-bond acceptors (Lipinski definition) is 4. The summed E-state index contributed by atoms with van der Waals surface area (Å²) in [5.41, 5.74) is 6.00. The van der Waals surface area contributed by atoms with E-state index in [-0.39, 0.29) is 5.97 Å². The lowest BCUT2D eigenvalue weighted by Gasteiger charge is -2.21. The van der Waals surface area contributed by atoms with Crippen molar-refractivity contribution in [3.8, 4) is 0 Å². The molecule has 1 aromatic carbocycles. The van der Waals surface area contributed by atoms with Gasteiger partial charge in [-0.05, 0) is 25.8 Å². The van der Waals surface area contributed by atoms with Crippen molar-refractivity contribution in [3.63, 3.8) is 0 Å². The van der Waals surface area contributed by atoms with E-state index in [0.717, 1.165) is 5.56 Å². The average Bonchev–Trinajstić information content (AvgIpc) is 2.36. The van der Waals surface area contributed by atoms with Crippen LogP contribution in [0, 0.1) is 0 Å². The van der Waals surface area contributed by atoms with Gasteiger partial charge in [-0.3, -0.25) is 4.79 Å². The summed E-state index contributed by atoms with van der Waals surface area (Å²) in [6.07, 6.45) is 0.443. The molecule has 0 unspecified atom stereocenters. The number of benzene rings is 1. The van der Waals surface area contributed by atoms with Crippen molar-refractivity contribution >= 4 is 5.97 Å². The Morgan fingerprint density at radius 2 is 2.00 bits per heavy atom. The van der Waals surface area contributed by atoms with Crippen LogP contribution in [0.15, 0.2) is 30.3 Å². The van der Waals surface area contributed by atoms with Crippen LogP contribution in [0.4, 0.5) is 0 Å². The fraction of sp³-hybridized carbons (Fsp3) is 0.500. The van der Waals surface area contributed by atoms with E-state index in [4.69, 9.17) is 15.2 Å². The van der Waals surface area contributed by atoms with Crippen LogP contribution in [0.3, 0.4) is 0 Å². The van der Waals surface area contributed by atoms with E-state index in [9.17, 15) is 4.79 Å². The van der Waals surface area contributed by atoms with E-state index in [2.05, 4.69) is 0 Å². The maximum atomic E-state index is 11.5. The van der Waals surface area contributed by atoms with Crippen LogP contribution in [-0.4, -0.2) is 24.7 Å². The first-order chi connectivity index (χ1) is 8.56. The van der Waals surface area contributed by atoms with Crippen molar-refractivity contribution in [1.82, 2.24) is 0 Å². The Hall–Kier alpha value is -1.39. The third kappa shape index (κ3) is 4.85. The zero-order chi connectivity index (χ0) is 13.4. The molecule has 0 saturated heterocycles. The summed E-state index contributed by atoms with van der Waals surface area (Å²) in [7, 11) is 0. The Kier molecular flexibility index (Phi) is 5.82. The molecule has 1 atom stereocenters. The van der Waals surface area contributed by atoms with Gasteiger partial charge in [0.05, 0.1) is 13.2 Å². The smallest absolute Gasteiger partial charge is 0.325 e. The van der Waals surface area contributed by atoms with E-state index in [1.807, 2.05) is 30.3 Å². The Labute approximate surface area is 108 Å². The number of carbonyl (C=O) groups is 1. The molecule has 0 aliphatic carbocycles. The highest BCUT2D eigenvalue weighted by Crippen LogP contribution is 2.09. The third-order valence-electron chi connectivity index (χ3n) is 2.62. The minimum absolute atomic E-state index is 0.344. The Morgan fingerprint density at radius 1 is 1.33 bits per heavy atom. The molecule has 0 heterocycles. The highest BCUT2D eigenvalue weighted by atomic mass is 16.5. The summed E-state index contributed by atoms with van der Waals surface area (Å²) in [6, 6.07) is 9.87. The van der Waals surface area contributed by atoms with Crippen LogP contribution >= 0.6 is 0 Å². The first kappa shape index (κ1) is 14.7. The van der Waals surface area contributed by atoms with Crippen LogP contribution in [0.5, 0.6) is 0 Å². The molecule has 0 radical (unpaired) electrons. The minimum atomic E-state index is -0.979. The van der Waals surface area contributed by atoms with Gasteiger partial charge in [-0.15, -0.1) is 0 Å². The summed E-state index contributed by atoms with van der Waals surface area (Å²) in [5.74, 6) is -0.381. The van der Waals surface area contributed by atoms with Crippen molar-refractivity contribution in [1.29, 1.82) is 0 Å². The fourth-order valence-corrected chi connectivity index (χ4v) is 1.45. The second-order valence-electron chi connectivity index (χ2n) is 4.43. The zero-order valence-electron chi connectivity index (χ0n) is 11.0. The van der Waals surface area contributed by atoms with Gasteiger partial charge in [0.1, 0.15) is 5.54 Å². The van der Waals surface area contributed by atoms with Gasteiger partial charge in [-0.2, -0.15) is 0 Å². The summed E-state index contributed by atoms with van der Waals surface area (Å²) < 4.78 is 10.4. The molecule has 0 saturated carbocycles. The molecule has 1 rings (SSSR count). The second-order valence-corrected chi connectivity index (χ2v) is 4.43. The van der Waals surface area contributed by atoms with Gasteiger partial charge in [0.2, 0.25) is 0 Å². The highest BCUT2D eigenvalue weighted by Gasteiger charge is 2.29. The molecule has 1 aromatic rings. The van der Waals surface area contributed by atoms with Gasteiger partial charge in [0.25, 0.3) is 0 Å². The van der Waals surface area contributed by atoms with Crippen molar-refractivity contribution in [2.24, 2.45) is 5.73 Å². The van der Waals surface area contributed by atoms with Crippen LogP contribution in [0.25, 0.3) is 0 Å². The summed E-state index contributed by atoms with van der Waals surface area (Å²) in [6.45, 7) is 4.73. The molecule has 0 aromatic heterocycles.